The summed E-state index contributed by atoms with van der Waals surface area (Å²) in [5, 5.41) is 38.8. The van der Waals surface area contributed by atoms with E-state index in [4.69, 9.17) is 20.9 Å². The second kappa shape index (κ2) is 7.27. The molecule has 0 aromatic rings. The van der Waals surface area contributed by atoms with Crippen molar-refractivity contribution in [2.24, 2.45) is 11.5 Å². The van der Waals surface area contributed by atoms with Crippen LogP contribution in [0.2, 0.25) is 0 Å². The van der Waals surface area contributed by atoms with Crippen molar-refractivity contribution >= 4 is 5.97 Å². The third-order valence-corrected chi connectivity index (χ3v) is 3.36. The number of carbonyl (C=O) groups is 1. The Balaban J connectivity index is 3.03. The Morgan fingerprint density at radius 2 is 2.19 bits per heavy atom. The first-order valence-corrected chi connectivity index (χ1v) is 6.45. The minimum Gasteiger partial charge on any atom is -0.477 e. The van der Waals surface area contributed by atoms with Crippen LogP contribution in [0.1, 0.15) is 6.42 Å². The van der Waals surface area contributed by atoms with Gasteiger partial charge in [-0.15, -0.1) is 6.58 Å². The molecule has 0 bridgehead atoms. The van der Waals surface area contributed by atoms with E-state index in [2.05, 4.69) is 6.58 Å². The maximum Gasteiger partial charge on any atom is 0.364 e. The molecule has 0 saturated carbocycles. The van der Waals surface area contributed by atoms with Gasteiger partial charge in [-0.25, -0.2) is 4.79 Å². The highest BCUT2D eigenvalue weighted by atomic mass is 16.7. The van der Waals surface area contributed by atoms with Crippen LogP contribution in [-0.4, -0.2) is 75.8 Å². The molecule has 1 aliphatic rings. The van der Waals surface area contributed by atoms with Gasteiger partial charge in [0.2, 0.25) is 0 Å². The summed E-state index contributed by atoms with van der Waals surface area (Å²) in [6.45, 7) is 2.98. The Hall–Kier alpha value is -1.07. The van der Waals surface area contributed by atoms with Gasteiger partial charge in [0.15, 0.2) is 0 Å². The van der Waals surface area contributed by atoms with Crippen LogP contribution >= 0.6 is 0 Å². The van der Waals surface area contributed by atoms with Crippen LogP contribution in [0.25, 0.3) is 0 Å². The van der Waals surface area contributed by atoms with Crippen LogP contribution in [0.3, 0.4) is 0 Å². The van der Waals surface area contributed by atoms with Gasteiger partial charge in [-0.2, -0.15) is 0 Å². The van der Waals surface area contributed by atoms with E-state index in [0.717, 1.165) is 0 Å². The number of rotatable bonds is 7. The van der Waals surface area contributed by atoms with Crippen molar-refractivity contribution in [2.75, 3.05) is 13.2 Å². The second-order valence-corrected chi connectivity index (χ2v) is 4.88. The zero-order valence-electron chi connectivity index (χ0n) is 11.5. The fourth-order valence-corrected chi connectivity index (χ4v) is 2.12. The Labute approximate surface area is 121 Å². The largest absolute Gasteiger partial charge is 0.477 e. The topological polar surface area (TPSA) is 168 Å². The molecule has 8 N–H and O–H groups in total. The van der Waals surface area contributed by atoms with E-state index in [-0.39, 0.29) is 13.2 Å². The molecular formula is C12H22N2O7. The molecule has 1 heterocycles. The number of hydrogen-bond acceptors (Lipinski definition) is 8. The predicted molar refractivity (Wildman–Crippen MR) is 71.1 cm³/mol. The predicted octanol–water partition coefficient (Wildman–Crippen LogP) is -2.87. The highest BCUT2D eigenvalue weighted by Crippen LogP contribution is 2.32. The van der Waals surface area contributed by atoms with Crippen LogP contribution in [0.5, 0.6) is 0 Å². The average Bonchev–Trinajstić information content (AvgIpc) is 2.46. The standard InChI is InChI=1S/C12H22N2O7/c1-2-3-20-12(11(18)19)4-6(15)8(14)10(21-12)9(17)7(16)5-13/h2,6-10,15-17H,1,3-5,13-14H2,(H,18,19)/t6-,7-,8-,9-,10?,12-/m1/s1. The molecule has 21 heavy (non-hydrogen) atoms. The molecule has 1 aliphatic heterocycles. The summed E-state index contributed by atoms with van der Waals surface area (Å²) < 4.78 is 10.4. The lowest BCUT2D eigenvalue weighted by atomic mass is 9.89. The van der Waals surface area contributed by atoms with Crippen LogP contribution < -0.4 is 11.5 Å². The SMILES string of the molecule is C=CCO[C@]1(C(=O)O)C[C@@H](O)[C@@H](N)C([C@H](O)[C@H](O)CN)O1. The first-order chi connectivity index (χ1) is 9.79. The number of aliphatic carboxylic acids is 1. The lowest BCUT2D eigenvalue weighted by molar-refractivity contribution is -0.305. The summed E-state index contributed by atoms with van der Waals surface area (Å²) in [6.07, 6.45) is -4.70. The molecule has 1 unspecified atom stereocenters. The number of carboxylic acid groups (broad SMARTS) is 1. The maximum absolute atomic E-state index is 11.4. The first-order valence-electron chi connectivity index (χ1n) is 6.45. The Morgan fingerprint density at radius 3 is 2.67 bits per heavy atom. The summed E-state index contributed by atoms with van der Waals surface area (Å²) in [6, 6.07) is -1.10. The average molecular weight is 306 g/mol. The molecule has 1 saturated heterocycles. The molecule has 0 aromatic heterocycles. The Morgan fingerprint density at radius 1 is 1.57 bits per heavy atom. The van der Waals surface area contributed by atoms with Crippen molar-refractivity contribution in [1.82, 2.24) is 0 Å². The van der Waals surface area contributed by atoms with E-state index in [0.29, 0.717) is 0 Å². The minimum absolute atomic E-state index is 0.142. The van der Waals surface area contributed by atoms with Crippen molar-refractivity contribution in [1.29, 1.82) is 0 Å². The van der Waals surface area contributed by atoms with E-state index in [9.17, 15) is 25.2 Å². The summed E-state index contributed by atoms with van der Waals surface area (Å²) >= 11 is 0. The summed E-state index contributed by atoms with van der Waals surface area (Å²) in [7, 11) is 0. The zero-order valence-corrected chi connectivity index (χ0v) is 11.5. The van der Waals surface area contributed by atoms with Gasteiger partial charge in [0.25, 0.3) is 5.79 Å². The van der Waals surface area contributed by atoms with E-state index in [1.165, 1.54) is 6.08 Å². The molecule has 9 nitrogen and oxygen atoms in total. The number of aliphatic hydroxyl groups is 3. The third kappa shape index (κ3) is 3.77. The van der Waals surface area contributed by atoms with Crippen molar-refractivity contribution in [3.63, 3.8) is 0 Å². The monoisotopic (exact) mass is 306 g/mol. The lowest BCUT2D eigenvalue weighted by Crippen LogP contribution is -2.66. The van der Waals surface area contributed by atoms with E-state index in [1.54, 1.807) is 0 Å². The molecule has 0 aromatic carbocycles. The fraction of sp³-hybridized carbons (Fsp3) is 0.750. The highest BCUT2D eigenvalue weighted by Gasteiger charge is 2.54. The fourth-order valence-electron chi connectivity index (χ4n) is 2.12. The number of aliphatic hydroxyl groups excluding tert-OH is 3. The number of nitrogens with two attached hydrogens (primary N) is 2. The molecule has 1 rings (SSSR count). The molecular weight excluding hydrogens is 284 g/mol. The molecule has 9 heteroatoms. The normalized spacial score (nSPS) is 36.0. The number of carboxylic acids is 1. The quantitative estimate of drug-likeness (QED) is 0.271. The maximum atomic E-state index is 11.4. The minimum atomic E-state index is -2.18. The summed E-state index contributed by atoms with van der Waals surface area (Å²) in [5.41, 5.74) is 10.9. The number of ether oxygens (including phenoxy) is 2. The molecule has 122 valence electrons. The molecule has 0 aliphatic carbocycles. The lowest BCUT2D eigenvalue weighted by Gasteiger charge is -2.45. The van der Waals surface area contributed by atoms with Gasteiger partial charge >= 0.3 is 5.97 Å². The van der Waals surface area contributed by atoms with Gasteiger partial charge in [0, 0.05) is 13.0 Å². The summed E-state index contributed by atoms with van der Waals surface area (Å²) in [4.78, 5) is 11.4. The van der Waals surface area contributed by atoms with E-state index >= 15 is 0 Å². The van der Waals surface area contributed by atoms with Crippen molar-refractivity contribution in [2.45, 2.75) is 42.7 Å². The molecule has 0 spiro atoms. The van der Waals surface area contributed by atoms with Crippen LogP contribution in [0.4, 0.5) is 0 Å². The van der Waals surface area contributed by atoms with Crippen LogP contribution in [-0.2, 0) is 14.3 Å². The second-order valence-electron chi connectivity index (χ2n) is 4.88. The molecule has 6 atom stereocenters. The Bertz CT molecular complexity index is 381. The van der Waals surface area contributed by atoms with Crippen molar-refractivity contribution in [3.8, 4) is 0 Å². The molecule has 1 fully saturated rings. The van der Waals surface area contributed by atoms with Crippen LogP contribution in [0, 0.1) is 0 Å². The van der Waals surface area contributed by atoms with Gasteiger partial charge < -0.3 is 41.4 Å². The van der Waals surface area contributed by atoms with Crippen LogP contribution in [0.15, 0.2) is 12.7 Å². The van der Waals surface area contributed by atoms with Gasteiger partial charge in [-0.05, 0) is 0 Å². The smallest absolute Gasteiger partial charge is 0.364 e. The molecule has 0 radical (unpaired) electrons. The Kier molecular flexibility index (Phi) is 6.23. The van der Waals surface area contributed by atoms with E-state index < -0.39 is 48.6 Å². The molecule has 0 amide bonds. The van der Waals surface area contributed by atoms with Gasteiger partial charge in [-0.1, -0.05) is 6.08 Å². The summed E-state index contributed by atoms with van der Waals surface area (Å²) in [5.74, 6) is -3.65. The van der Waals surface area contributed by atoms with Crippen molar-refractivity contribution in [3.05, 3.63) is 12.7 Å². The number of hydrogen-bond donors (Lipinski definition) is 6. The van der Waals surface area contributed by atoms with Gasteiger partial charge in [-0.3, -0.25) is 0 Å². The third-order valence-electron chi connectivity index (χ3n) is 3.36. The highest BCUT2D eigenvalue weighted by molar-refractivity contribution is 5.76. The van der Waals surface area contributed by atoms with Crippen molar-refractivity contribution < 1.29 is 34.7 Å². The zero-order chi connectivity index (χ0) is 16.2. The van der Waals surface area contributed by atoms with E-state index in [1.807, 2.05) is 0 Å². The van der Waals surface area contributed by atoms with Gasteiger partial charge in [0.05, 0.1) is 24.9 Å². The first kappa shape index (κ1) is 18.0. The van der Waals surface area contributed by atoms with Gasteiger partial charge in [0.1, 0.15) is 12.2 Å².